The number of benzene rings is 1. The number of hydrogen-bond donors (Lipinski definition) is 0. The maximum Gasteiger partial charge on any atom is 0.0452 e. The Hall–Kier alpha value is 0.200. The van der Waals surface area contributed by atoms with Gasteiger partial charge in [-0.3, -0.25) is 0 Å². The molecule has 0 unspecified atom stereocenters. The molecule has 0 aliphatic heterocycles. The van der Waals surface area contributed by atoms with E-state index in [0.717, 1.165) is 11.4 Å². The molecule has 0 nitrogen and oxygen atoms in total. The Morgan fingerprint density at radius 3 is 2.92 bits per heavy atom. The first-order valence-corrected chi connectivity index (χ1v) is 6.41. The molecule has 68 valence electrons. The Balaban J connectivity index is 2.77. The van der Waals surface area contributed by atoms with Gasteiger partial charge in [0.25, 0.3) is 0 Å². The summed E-state index contributed by atoms with van der Waals surface area (Å²) in [4.78, 5) is 0. The Labute approximate surface area is 100 Å². The van der Waals surface area contributed by atoms with Gasteiger partial charge in [-0.25, -0.2) is 0 Å². The number of aryl methyl sites for hydroxylation is 1. The fourth-order valence-electron chi connectivity index (χ4n) is 1.33. The third-order valence-corrected chi connectivity index (χ3v) is 4.69. The minimum absolute atomic E-state index is 0.897. The summed E-state index contributed by atoms with van der Waals surface area (Å²) in [5.74, 6) is 0. The Morgan fingerprint density at radius 2 is 2.23 bits per heavy atom. The average molecular weight is 323 g/mol. The van der Waals surface area contributed by atoms with Crippen LogP contribution >= 0.6 is 45.5 Å². The van der Waals surface area contributed by atoms with Gasteiger partial charge in [-0.1, -0.05) is 18.5 Å². The van der Waals surface area contributed by atoms with Crippen LogP contribution in [0.25, 0.3) is 10.1 Å². The lowest BCUT2D eigenvalue weighted by atomic mass is 10.1. The molecule has 0 atom stereocenters. The van der Waals surface area contributed by atoms with Crippen LogP contribution in [0.15, 0.2) is 17.5 Å². The van der Waals surface area contributed by atoms with E-state index in [1.54, 1.807) is 11.3 Å². The normalized spacial score (nSPS) is 11.0. The van der Waals surface area contributed by atoms with E-state index in [1.807, 2.05) is 0 Å². The maximum atomic E-state index is 6.12. The van der Waals surface area contributed by atoms with Crippen LogP contribution in [0, 0.1) is 3.57 Å². The third-order valence-electron chi connectivity index (χ3n) is 2.08. The smallest absolute Gasteiger partial charge is 0.0452 e. The van der Waals surface area contributed by atoms with Gasteiger partial charge in [0.05, 0.1) is 0 Å². The molecule has 0 saturated carbocycles. The average Bonchev–Trinajstić information content (AvgIpc) is 2.46. The predicted octanol–water partition coefficient (Wildman–Crippen LogP) is 4.72. The van der Waals surface area contributed by atoms with Crippen LogP contribution in [-0.4, -0.2) is 0 Å². The van der Waals surface area contributed by atoms with Crippen LogP contribution in [0.2, 0.25) is 5.02 Å². The molecule has 0 bridgehead atoms. The molecule has 0 amide bonds. The molecule has 0 N–H and O–H groups in total. The van der Waals surface area contributed by atoms with Crippen molar-refractivity contribution in [1.29, 1.82) is 0 Å². The van der Waals surface area contributed by atoms with E-state index in [1.165, 1.54) is 19.2 Å². The van der Waals surface area contributed by atoms with Gasteiger partial charge in [0.2, 0.25) is 0 Å². The van der Waals surface area contributed by atoms with E-state index in [-0.39, 0.29) is 0 Å². The van der Waals surface area contributed by atoms with Crippen molar-refractivity contribution < 1.29 is 0 Å². The van der Waals surface area contributed by atoms with Gasteiger partial charge < -0.3 is 0 Å². The number of fused-ring (bicyclic) bond motifs is 1. The second kappa shape index (κ2) is 3.75. The van der Waals surface area contributed by atoms with Gasteiger partial charge in [-0.15, -0.1) is 11.3 Å². The van der Waals surface area contributed by atoms with Crippen LogP contribution in [-0.2, 0) is 6.42 Å². The highest BCUT2D eigenvalue weighted by atomic mass is 127. The molecule has 13 heavy (non-hydrogen) atoms. The molecule has 0 spiro atoms. The van der Waals surface area contributed by atoms with Crippen LogP contribution in [0.4, 0.5) is 0 Å². The summed E-state index contributed by atoms with van der Waals surface area (Å²) in [6.07, 6.45) is 1.00. The minimum atomic E-state index is 0.897. The van der Waals surface area contributed by atoms with Crippen LogP contribution in [0.5, 0.6) is 0 Å². The summed E-state index contributed by atoms with van der Waals surface area (Å²) in [7, 11) is 0. The quantitative estimate of drug-likeness (QED) is 0.666. The Morgan fingerprint density at radius 1 is 1.46 bits per heavy atom. The predicted molar refractivity (Wildman–Crippen MR) is 68.9 cm³/mol. The van der Waals surface area contributed by atoms with Crippen molar-refractivity contribution in [3.8, 4) is 0 Å². The van der Waals surface area contributed by atoms with Gasteiger partial charge in [0.1, 0.15) is 0 Å². The lowest BCUT2D eigenvalue weighted by Gasteiger charge is -2.00. The van der Waals surface area contributed by atoms with Gasteiger partial charge in [0.15, 0.2) is 0 Å². The second-order valence-electron chi connectivity index (χ2n) is 2.88. The minimum Gasteiger partial charge on any atom is -0.143 e. The molecule has 3 heteroatoms. The summed E-state index contributed by atoms with van der Waals surface area (Å²) >= 11 is 10.2. The van der Waals surface area contributed by atoms with Crippen molar-refractivity contribution in [2.45, 2.75) is 13.3 Å². The Bertz CT molecular complexity index is 447. The molecule has 0 radical (unpaired) electrons. The molecule has 1 aromatic carbocycles. The van der Waals surface area contributed by atoms with E-state index >= 15 is 0 Å². The van der Waals surface area contributed by atoms with E-state index in [2.05, 4.69) is 47.0 Å². The van der Waals surface area contributed by atoms with Crippen molar-refractivity contribution >= 4 is 55.6 Å². The van der Waals surface area contributed by atoms with Gasteiger partial charge in [-0.05, 0) is 46.7 Å². The Kier molecular flexibility index (Phi) is 2.81. The molecule has 0 aliphatic rings. The van der Waals surface area contributed by atoms with Crippen molar-refractivity contribution in [2.75, 3.05) is 0 Å². The zero-order valence-electron chi connectivity index (χ0n) is 7.10. The first-order valence-electron chi connectivity index (χ1n) is 4.07. The van der Waals surface area contributed by atoms with E-state index in [9.17, 15) is 0 Å². The van der Waals surface area contributed by atoms with E-state index in [0.29, 0.717) is 0 Å². The summed E-state index contributed by atoms with van der Waals surface area (Å²) in [5, 5.41) is 4.40. The highest BCUT2D eigenvalue weighted by Crippen LogP contribution is 2.32. The molecular formula is C10H8ClIS. The number of halogens is 2. The topological polar surface area (TPSA) is 0 Å². The number of hydrogen-bond acceptors (Lipinski definition) is 1. The zero-order chi connectivity index (χ0) is 9.42. The standard InChI is InChI=1S/C10H8ClIS/c1-2-6-3-7-9(12)5-13-10(7)4-8(6)11/h3-5H,2H2,1H3. The highest BCUT2D eigenvalue weighted by Gasteiger charge is 2.05. The van der Waals surface area contributed by atoms with Crippen molar-refractivity contribution in [1.82, 2.24) is 0 Å². The molecular weight excluding hydrogens is 315 g/mol. The molecule has 2 rings (SSSR count). The highest BCUT2D eigenvalue weighted by molar-refractivity contribution is 14.1. The lowest BCUT2D eigenvalue weighted by Crippen LogP contribution is -1.81. The van der Waals surface area contributed by atoms with E-state index < -0.39 is 0 Å². The summed E-state index contributed by atoms with van der Waals surface area (Å²) in [6, 6.07) is 4.28. The van der Waals surface area contributed by atoms with E-state index in [4.69, 9.17) is 11.6 Å². The fourth-order valence-corrected chi connectivity index (χ4v) is 3.55. The first-order chi connectivity index (χ1) is 6.22. The molecule has 2 aromatic rings. The monoisotopic (exact) mass is 322 g/mol. The molecule has 1 aromatic heterocycles. The zero-order valence-corrected chi connectivity index (χ0v) is 10.8. The van der Waals surface area contributed by atoms with Crippen LogP contribution in [0.3, 0.4) is 0 Å². The van der Waals surface area contributed by atoms with Gasteiger partial charge in [-0.2, -0.15) is 0 Å². The van der Waals surface area contributed by atoms with Crippen molar-refractivity contribution in [2.24, 2.45) is 0 Å². The SMILES string of the molecule is CCc1cc2c(I)csc2cc1Cl. The fraction of sp³-hybridized carbons (Fsp3) is 0.200. The third kappa shape index (κ3) is 1.72. The lowest BCUT2D eigenvalue weighted by molar-refractivity contribution is 1.15. The van der Waals surface area contributed by atoms with Crippen molar-refractivity contribution in [3.63, 3.8) is 0 Å². The molecule has 0 fully saturated rings. The summed E-state index contributed by atoms with van der Waals surface area (Å²) < 4.78 is 2.61. The molecule has 1 heterocycles. The number of rotatable bonds is 1. The van der Waals surface area contributed by atoms with Crippen LogP contribution in [0.1, 0.15) is 12.5 Å². The molecule has 0 aliphatic carbocycles. The first kappa shape index (κ1) is 9.74. The summed E-state index contributed by atoms with van der Waals surface area (Å²) in [5.41, 5.74) is 1.24. The summed E-state index contributed by atoms with van der Waals surface area (Å²) in [6.45, 7) is 2.13. The van der Waals surface area contributed by atoms with Crippen molar-refractivity contribution in [3.05, 3.63) is 31.7 Å². The largest absolute Gasteiger partial charge is 0.143 e. The molecule has 0 saturated heterocycles. The second-order valence-corrected chi connectivity index (χ2v) is 5.36. The van der Waals surface area contributed by atoms with Gasteiger partial charge in [0, 0.05) is 24.1 Å². The maximum absolute atomic E-state index is 6.12. The van der Waals surface area contributed by atoms with Gasteiger partial charge >= 0.3 is 0 Å². The number of thiophene rings is 1. The van der Waals surface area contributed by atoms with Crippen LogP contribution < -0.4 is 0 Å².